The monoisotopic (exact) mass is 299 g/mol. The first-order valence-electron chi connectivity index (χ1n) is 6.46. The molecule has 0 saturated heterocycles. The molecule has 2 aromatic carbocycles. The molecular formula is C16H11F2N3O. The van der Waals surface area contributed by atoms with Crippen LogP contribution in [0.3, 0.4) is 0 Å². The Kier molecular flexibility index (Phi) is 3.42. The highest BCUT2D eigenvalue weighted by Crippen LogP contribution is 2.26. The minimum absolute atomic E-state index is 0.0150. The predicted octanol–water partition coefficient (Wildman–Crippen LogP) is 3.35. The van der Waals surface area contributed by atoms with Crippen molar-refractivity contribution in [2.24, 2.45) is 0 Å². The van der Waals surface area contributed by atoms with E-state index in [9.17, 15) is 13.6 Å². The van der Waals surface area contributed by atoms with Crippen LogP contribution in [0.25, 0.3) is 10.8 Å². The number of hydrogen-bond donors (Lipinski definition) is 2. The number of pyridine rings is 1. The van der Waals surface area contributed by atoms with Gasteiger partial charge in [-0.3, -0.25) is 9.78 Å². The maximum absolute atomic E-state index is 13.8. The van der Waals surface area contributed by atoms with Gasteiger partial charge in [0.25, 0.3) is 5.91 Å². The quantitative estimate of drug-likeness (QED) is 0.713. The third-order valence-corrected chi connectivity index (χ3v) is 3.20. The van der Waals surface area contributed by atoms with Gasteiger partial charge in [0.2, 0.25) is 0 Å². The molecule has 3 aromatic rings. The number of halogens is 2. The highest BCUT2D eigenvalue weighted by Gasteiger charge is 2.16. The highest BCUT2D eigenvalue weighted by molar-refractivity contribution is 6.14. The standard InChI is InChI=1S/C16H11F2N3O/c17-9-2-1-3-10(8-9)21-16(22)15-14-11(6-7-20-15)12(18)4-5-13(14)19/h1-8H,19H2,(H,21,22). The van der Waals surface area contributed by atoms with Crippen LogP contribution in [0, 0.1) is 11.6 Å². The van der Waals surface area contributed by atoms with Gasteiger partial charge in [-0.25, -0.2) is 8.78 Å². The second kappa shape index (κ2) is 5.40. The molecular weight excluding hydrogens is 288 g/mol. The number of carbonyl (C=O) groups excluding carboxylic acids is 1. The Labute approximate surface area is 124 Å². The number of nitrogens with one attached hydrogen (secondary N) is 1. The lowest BCUT2D eigenvalue weighted by Crippen LogP contribution is -2.15. The lowest BCUT2D eigenvalue weighted by molar-refractivity contribution is 0.102. The lowest BCUT2D eigenvalue weighted by Gasteiger charge is -2.09. The zero-order valence-corrected chi connectivity index (χ0v) is 11.3. The molecule has 0 fully saturated rings. The van der Waals surface area contributed by atoms with Crippen molar-refractivity contribution in [2.45, 2.75) is 0 Å². The number of carbonyl (C=O) groups is 1. The maximum Gasteiger partial charge on any atom is 0.274 e. The molecule has 22 heavy (non-hydrogen) atoms. The van der Waals surface area contributed by atoms with Gasteiger partial charge in [-0.05, 0) is 36.4 Å². The maximum atomic E-state index is 13.8. The number of amides is 1. The number of hydrogen-bond acceptors (Lipinski definition) is 3. The van der Waals surface area contributed by atoms with E-state index in [1.807, 2.05) is 0 Å². The fourth-order valence-corrected chi connectivity index (χ4v) is 2.22. The van der Waals surface area contributed by atoms with Crippen LogP contribution in [0.2, 0.25) is 0 Å². The lowest BCUT2D eigenvalue weighted by atomic mass is 10.1. The smallest absolute Gasteiger partial charge is 0.274 e. The summed E-state index contributed by atoms with van der Waals surface area (Å²) in [5.41, 5.74) is 6.34. The van der Waals surface area contributed by atoms with Crippen LogP contribution < -0.4 is 11.1 Å². The third-order valence-electron chi connectivity index (χ3n) is 3.20. The summed E-state index contributed by atoms with van der Waals surface area (Å²) in [6, 6.07) is 9.49. The van der Waals surface area contributed by atoms with Crippen LogP contribution in [0.4, 0.5) is 20.2 Å². The van der Waals surface area contributed by atoms with Gasteiger partial charge in [0.15, 0.2) is 0 Å². The molecule has 110 valence electrons. The molecule has 0 aliphatic carbocycles. The van der Waals surface area contributed by atoms with Gasteiger partial charge < -0.3 is 11.1 Å². The number of benzene rings is 2. The minimum atomic E-state index is -0.589. The Morgan fingerprint density at radius 2 is 1.95 bits per heavy atom. The molecule has 4 nitrogen and oxygen atoms in total. The molecule has 1 aromatic heterocycles. The van der Waals surface area contributed by atoms with E-state index in [0.29, 0.717) is 0 Å². The summed E-state index contributed by atoms with van der Waals surface area (Å²) in [6.07, 6.45) is 1.32. The SMILES string of the molecule is Nc1ccc(F)c2ccnc(C(=O)Nc3cccc(F)c3)c12. The summed E-state index contributed by atoms with van der Waals surface area (Å²) in [5.74, 6) is -1.56. The molecule has 6 heteroatoms. The van der Waals surface area contributed by atoms with Crippen LogP contribution in [0.1, 0.15) is 10.5 Å². The van der Waals surface area contributed by atoms with E-state index in [1.165, 1.54) is 48.7 Å². The van der Waals surface area contributed by atoms with Gasteiger partial charge in [0, 0.05) is 28.3 Å². The normalized spacial score (nSPS) is 10.6. The van der Waals surface area contributed by atoms with Crippen molar-refractivity contribution in [1.82, 2.24) is 4.98 Å². The number of nitrogens with two attached hydrogens (primary N) is 1. The first kappa shape index (κ1) is 13.9. The van der Waals surface area contributed by atoms with Gasteiger partial charge in [-0.15, -0.1) is 0 Å². The molecule has 0 saturated carbocycles. The summed E-state index contributed by atoms with van der Waals surface area (Å²) in [4.78, 5) is 16.3. The Hall–Kier alpha value is -3.02. The Morgan fingerprint density at radius 1 is 1.14 bits per heavy atom. The van der Waals surface area contributed by atoms with Gasteiger partial charge in [-0.2, -0.15) is 0 Å². The first-order chi connectivity index (χ1) is 10.6. The number of nitrogen functional groups attached to an aromatic ring is 1. The van der Waals surface area contributed by atoms with E-state index < -0.39 is 17.5 Å². The number of aromatic nitrogens is 1. The summed E-state index contributed by atoms with van der Waals surface area (Å²) in [7, 11) is 0. The molecule has 0 atom stereocenters. The second-order valence-corrected chi connectivity index (χ2v) is 4.68. The third kappa shape index (κ3) is 2.46. The summed E-state index contributed by atoms with van der Waals surface area (Å²) in [5, 5.41) is 2.96. The molecule has 3 rings (SSSR count). The fraction of sp³-hybridized carbons (Fsp3) is 0. The van der Waals surface area contributed by atoms with Crippen LogP contribution in [0.15, 0.2) is 48.7 Å². The largest absolute Gasteiger partial charge is 0.398 e. The second-order valence-electron chi connectivity index (χ2n) is 4.68. The van der Waals surface area contributed by atoms with E-state index in [1.54, 1.807) is 0 Å². The average molecular weight is 299 g/mol. The summed E-state index contributed by atoms with van der Waals surface area (Å²) < 4.78 is 27.0. The van der Waals surface area contributed by atoms with E-state index >= 15 is 0 Å². The molecule has 3 N–H and O–H groups in total. The van der Waals surface area contributed by atoms with Crippen molar-refractivity contribution in [1.29, 1.82) is 0 Å². The Bertz CT molecular complexity index is 880. The van der Waals surface area contributed by atoms with Crippen LogP contribution in [-0.4, -0.2) is 10.9 Å². The highest BCUT2D eigenvalue weighted by atomic mass is 19.1. The van der Waals surface area contributed by atoms with Gasteiger partial charge in [0.05, 0.1) is 0 Å². The van der Waals surface area contributed by atoms with E-state index in [0.717, 1.165) is 0 Å². The molecule has 1 heterocycles. The topological polar surface area (TPSA) is 68.0 Å². The van der Waals surface area contributed by atoms with Crippen molar-refractivity contribution < 1.29 is 13.6 Å². The number of anilines is 2. The summed E-state index contributed by atoms with van der Waals surface area (Å²) >= 11 is 0. The van der Waals surface area contributed by atoms with Crippen molar-refractivity contribution in [2.75, 3.05) is 11.1 Å². The van der Waals surface area contributed by atoms with Gasteiger partial charge in [-0.1, -0.05) is 6.07 Å². The average Bonchev–Trinajstić information content (AvgIpc) is 2.50. The molecule has 0 unspecified atom stereocenters. The van der Waals surface area contributed by atoms with E-state index in [-0.39, 0.29) is 27.8 Å². The molecule has 1 amide bonds. The molecule has 0 radical (unpaired) electrons. The number of nitrogens with zero attached hydrogens (tertiary/aromatic N) is 1. The fourth-order valence-electron chi connectivity index (χ4n) is 2.22. The van der Waals surface area contributed by atoms with Crippen LogP contribution in [0.5, 0.6) is 0 Å². The minimum Gasteiger partial charge on any atom is -0.398 e. The van der Waals surface area contributed by atoms with Gasteiger partial charge in [0.1, 0.15) is 17.3 Å². The molecule has 0 spiro atoms. The Morgan fingerprint density at radius 3 is 2.73 bits per heavy atom. The van der Waals surface area contributed by atoms with Crippen LogP contribution >= 0.6 is 0 Å². The van der Waals surface area contributed by atoms with Crippen LogP contribution in [-0.2, 0) is 0 Å². The van der Waals surface area contributed by atoms with Crippen molar-refractivity contribution >= 4 is 28.1 Å². The predicted molar refractivity (Wildman–Crippen MR) is 80.5 cm³/mol. The molecule has 0 aliphatic rings. The van der Waals surface area contributed by atoms with E-state index in [2.05, 4.69) is 10.3 Å². The summed E-state index contributed by atoms with van der Waals surface area (Å²) in [6.45, 7) is 0. The first-order valence-corrected chi connectivity index (χ1v) is 6.46. The molecule has 0 bridgehead atoms. The van der Waals surface area contributed by atoms with Crippen molar-refractivity contribution in [3.63, 3.8) is 0 Å². The van der Waals surface area contributed by atoms with E-state index in [4.69, 9.17) is 5.73 Å². The zero-order chi connectivity index (χ0) is 15.7. The Balaban J connectivity index is 2.06. The number of rotatable bonds is 2. The van der Waals surface area contributed by atoms with Crippen molar-refractivity contribution in [3.05, 3.63) is 66.0 Å². The molecule has 0 aliphatic heterocycles. The zero-order valence-electron chi connectivity index (χ0n) is 11.3. The number of fused-ring (bicyclic) bond motifs is 1. The van der Waals surface area contributed by atoms with Crippen molar-refractivity contribution in [3.8, 4) is 0 Å². The van der Waals surface area contributed by atoms with Gasteiger partial charge >= 0.3 is 0 Å².